The third-order valence-corrected chi connectivity index (χ3v) is 4.28. The van der Waals surface area contributed by atoms with Crippen LogP contribution in [0.25, 0.3) is 33.8 Å². The number of carbonyl (C=O) groups is 1. The van der Waals surface area contributed by atoms with E-state index in [4.69, 9.17) is 4.98 Å². The molecule has 0 aliphatic carbocycles. The highest BCUT2D eigenvalue weighted by Gasteiger charge is 2.09. The van der Waals surface area contributed by atoms with Crippen LogP contribution in [0.2, 0.25) is 0 Å². The minimum absolute atomic E-state index is 0.154. The molecular weight excluding hydrogens is 336 g/mol. The Labute approximate surface area is 156 Å². The number of nitrogens with zero attached hydrogens (tertiary/aromatic N) is 2. The predicted octanol–water partition coefficient (Wildman–Crippen LogP) is 3.84. The molecule has 27 heavy (non-hydrogen) atoms. The molecule has 0 unspecified atom stereocenters. The maximum Gasteiger partial charge on any atom is 0.0899 e. The van der Waals surface area contributed by atoms with E-state index in [1.807, 2.05) is 60.7 Å². The van der Waals surface area contributed by atoms with E-state index in [2.05, 4.69) is 4.98 Å². The maximum absolute atomic E-state index is 11.0. The molecule has 4 nitrogen and oxygen atoms in total. The lowest BCUT2D eigenvalue weighted by Crippen LogP contribution is -2.21. The SMILES string of the molecule is O=C([O-])c1ccc(-c2cc(-c3ccccc3)nc(-c3ccccn3)c2)cc1. The zero-order valence-corrected chi connectivity index (χ0v) is 14.4. The van der Waals surface area contributed by atoms with Gasteiger partial charge in [-0.2, -0.15) is 0 Å². The molecule has 0 fully saturated rings. The van der Waals surface area contributed by atoms with Crippen molar-refractivity contribution in [2.45, 2.75) is 0 Å². The number of pyridine rings is 2. The van der Waals surface area contributed by atoms with Gasteiger partial charge in [-0.15, -0.1) is 0 Å². The number of carboxylic acids is 1. The summed E-state index contributed by atoms with van der Waals surface area (Å²) in [6.07, 6.45) is 1.74. The topological polar surface area (TPSA) is 65.9 Å². The van der Waals surface area contributed by atoms with Gasteiger partial charge in [0.25, 0.3) is 0 Å². The lowest BCUT2D eigenvalue weighted by atomic mass is 10.0. The minimum atomic E-state index is -1.18. The summed E-state index contributed by atoms with van der Waals surface area (Å²) >= 11 is 0. The van der Waals surface area contributed by atoms with Crippen molar-refractivity contribution in [2.24, 2.45) is 0 Å². The lowest BCUT2D eigenvalue weighted by Gasteiger charge is -2.10. The van der Waals surface area contributed by atoms with Crippen molar-refractivity contribution in [3.8, 4) is 33.8 Å². The number of carbonyl (C=O) groups excluding carboxylic acids is 1. The molecule has 0 aliphatic heterocycles. The van der Waals surface area contributed by atoms with Crippen molar-refractivity contribution < 1.29 is 9.90 Å². The molecule has 0 atom stereocenters. The third kappa shape index (κ3) is 3.60. The smallest absolute Gasteiger partial charge is 0.0899 e. The van der Waals surface area contributed by atoms with Crippen LogP contribution >= 0.6 is 0 Å². The molecule has 0 amide bonds. The fourth-order valence-electron chi connectivity index (χ4n) is 2.90. The Kier molecular flexibility index (Phi) is 4.45. The number of aromatic nitrogens is 2. The number of hydrogen-bond acceptors (Lipinski definition) is 4. The van der Waals surface area contributed by atoms with E-state index < -0.39 is 5.97 Å². The second-order valence-electron chi connectivity index (χ2n) is 6.07. The summed E-state index contributed by atoms with van der Waals surface area (Å²) < 4.78 is 0. The first kappa shape index (κ1) is 16.7. The quantitative estimate of drug-likeness (QED) is 0.560. The Hall–Kier alpha value is -3.79. The zero-order valence-electron chi connectivity index (χ0n) is 14.4. The second-order valence-corrected chi connectivity index (χ2v) is 6.07. The van der Waals surface area contributed by atoms with Gasteiger partial charge in [-0.1, -0.05) is 60.7 Å². The Morgan fingerprint density at radius 2 is 1.37 bits per heavy atom. The largest absolute Gasteiger partial charge is 0.545 e. The van der Waals surface area contributed by atoms with Gasteiger partial charge in [-0.05, 0) is 41.0 Å². The average Bonchev–Trinajstić information content (AvgIpc) is 2.75. The van der Waals surface area contributed by atoms with Crippen LogP contribution in [0.15, 0.2) is 91.1 Å². The van der Waals surface area contributed by atoms with E-state index >= 15 is 0 Å². The Bertz CT molecular complexity index is 1020. The molecule has 0 N–H and O–H groups in total. The minimum Gasteiger partial charge on any atom is -0.545 e. The van der Waals surface area contributed by atoms with E-state index in [-0.39, 0.29) is 5.56 Å². The van der Waals surface area contributed by atoms with Gasteiger partial charge >= 0.3 is 0 Å². The van der Waals surface area contributed by atoms with Crippen LogP contribution in [-0.2, 0) is 0 Å². The van der Waals surface area contributed by atoms with E-state index in [1.165, 1.54) is 0 Å². The average molecular weight is 351 g/mol. The van der Waals surface area contributed by atoms with Crippen molar-refractivity contribution in [1.82, 2.24) is 9.97 Å². The standard InChI is InChI=1S/C23H16N2O2/c26-23(27)18-11-9-16(10-12-18)19-14-21(17-6-2-1-3-7-17)25-22(15-19)20-8-4-5-13-24-20/h1-15H,(H,26,27)/p-1. The molecule has 2 aromatic heterocycles. The van der Waals surface area contributed by atoms with Gasteiger partial charge in [0.2, 0.25) is 0 Å². The molecule has 130 valence electrons. The molecule has 4 rings (SSSR count). The van der Waals surface area contributed by atoms with E-state index in [0.29, 0.717) is 0 Å². The molecule has 2 heterocycles. The molecule has 0 spiro atoms. The summed E-state index contributed by atoms with van der Waals surface area (Å²) in [4.78, 5) is 20.2. The van der Waals surface area contributed by atoms with Crippen LogP contribution in [0.5, 0.6) is 0 Å². The molecular formula is C23H15N2O2-. The maximum atomic E-state index is 11.0. The van der Waals surface area contributed by atoms with E-state index in [9.17, 15) is 9.90 Å². The lowest BCUT2D eigenvalue weighted by molar-refractivity contribution is -0.255. The van der Waals surface area contributed by atoms with Crippen molar-refractivity contribution >= 4 is 5.97 Å². The van der Waals surface area contributed by atoms with Gasteiger partial charge in [0.1, 0.15) is 0 Å². The van der Waals surface area contributed by atoms with Crippen LogP contribution in [0.1, 0.15) is 10.4 Å². The molecule has 2 aromatic carbocycles. The summed E-state index contributed by atoms with van der Waals surface area (Å²) in [6, 6.07) is 26.2. The highest BCUT2D eigenvalue weighted by Crippen LogP contribution is 2.29. The molecule has 0 saturated heterocycles. The Morgan fingerprint density at radius 1 is 0.667 bits per heavy atom. The van der Waals surface area contributed by atoms with Crippen LogP contribution in [0, 0.1) is 0 Å². The van der Waals surface area contributed by atoms with Crippen LogP contribution in [-0.4, -0.2) is 15.9 Å². The normalized spacial score (nSPS) is 10.5. The Morgan fingerprint density at radius 3 is 2.04 bits per heavy atom. The number of rotatable bonds is 4. The number of aromatic carboxylic acids is 1. The molecule has 4 heteroatoms. The monoisotopic (exact) mass is 351 g/mol. The highest BCUT2D eigenvalue weighted by atomic mass is 16.4. The van der Waals surface area contributed by atoms with E-state index in [0.717, 1.165) is 33.8 Å². The van der Waals surface area contributed by atoms with Crippen molar-refractivity contribution in [2.75, 3.05) is 0 Å². The predicted molar refractivity (Wildman–Crippen MR) is 103 cm³/mol. The molecule has 0 aliphatic rings. The van der Waals surface area contributed by atoms with Crippen LogP contribution in [0.4, 0.5) is 0 Å². The van der Waals surface area contributed by atoms with E-state index in [1.54, 1.807) is 30.5 Å². The number of carboxylic acid groups (broad SMARTS) is 1. The van der Waals surface area contributed by atoms with Crippen LogP contribution < -0.4 is 5.11 Å². The van der Waals surface area contributed by atoms with Crippen LogP contribution in [0.3, 0.4) is 0 Å². The fourth-order valence-corrected chi connectivity index (χ4v) is 2.90. The number of hydrogen-bond donors (Lipinski definition) is 0. The van der Waals surface area contributed by atoms with Gasteiger partial charge in [-0.3, -0.25) is 4.98 Å². The molecule has 0 bridgehead atoms. The molecule has 4 aromatic rings. The number of benzene rings is 2. The van der Waals surface area contributed by atoms with Gasteiger partial charge in [0.15, 0.2) is 0 Å². The van der Waals surface area contributed by atoms with Crippen molar-refractivity contribution in [3.05, 3.63) is 96.7 Å². The first-order chi connectivity index (χ1) is 13.2. The van der Waals surface area contributed by atoms with Gasteiger partial charge in [-0.25, -0.2) is 4.98 Å². The molecule has 0 radical (unpaired) electrons. The second kappa shape index (κ2) is 7.22. The Balaban J connectivity index is 1.86. The van der Waals surface area contributed by atoms with Gasteiger partial charge < -0.3 is 9.90 Å². The highest BCUT2D eigenvalue weighted by molar-refractivity contribution is 5.87. The van der Waals surface area contributed by atoms with Gasteiger partial charge in [0, 0.05) is 11.8 Å². The summed E-state index contributed by atoms with van der Waals surface area (Å²) in [6.45, 7) is 0. The van der Waals surface area contributed by atoms with Crippen molar-refractivity contribution in [1.29, 1.82) is 0 Å². The van der Waals surface area contributed by atoms with Crippen molar-refractivity contribution in [3.63, 3.8) is 0 Å². The fraction of sp³-hybridized carbons (Fsp3) is 0. The summed E-state index contributed by atoms with van der Waals surface area (Å²) in [7, 11) is 0. The zero-order chi connectivity index (χ0) is 18.6. The summed E-state index contributed by atoms with van der Waals surface area (Å²) in [5, 5.41) is 11.0. The first-order valence-corrected chi connectivity index (χ1v) is 8.51. The summed E-state index contributed by atoms with van der Waals surface area (Å²) in [5.41, 5.74) is 5.37. The third-order valence-electron chi connectivity index (χ3n) is 4.28. The first-order valence-electron chi connectivity index (χ1n) is 8.51. The summed E-state index contributed by atoms with van der Waals surface area (Å²) in [5.74, 6) is -1.18. The molecule has 0 saturated carbocycles. The van der Waals surface area contributed by atoms with Gasteiger partial charge in [0.05, 0.1) is 23.1 Å².